The average Bonchev–Trinajstić information content (AvgIpc) is 2.75. The zero-order valence-electron chi connectivity index (χ0n) is 9.61. The summed E-state index contributed by atoms with van der Waals surface area (Å²) in [5, 5.41) is 2.10. The molecule has 1 unspecified atom stereocenters. The van der Waals surface area contributed by atoms with E-state index in [9.17, 15) is 4.79 Å². The van der Waals surface area contributed by atoms with Gasteiger partial charge in [-0.15, -0.1) is 11.3 Å². The zero-order valence-corrected chi connectivity index (χ0v) is 10.4. The van der Waals surface area contributed by atoms with Gasteiger partial charge in [-0.25, -0.2) is 0 Å². The van der Waals surface area contributed by atoms with Crippen LogP contribution in [0.25, 0.3) is 0 Å². The van der Waals surface area contributed by atoms with Gasteiger partial charge in [0.1, 0.15) is 0 Å². The predicted molar refractivity (Wildman–Crippen MR) is 66.3 cm³/mol. The van der Waals surface area contributed by atoms with Crippen LogP contribution in [-0.2, 0) is 17.8 Å². The number of nitrogens with zero attached hydrogens (tertiary/aromatic N) is 1. The third-order valence-electron chi connectivity index (χ3n) is 3.04. The summed E-state index contributed by atoms with van der Waals surface area (Å²) in [5.41, 5.74) is 7.16. The van der Waals surface area contributed by atoms with Gasteiger partial charge in [-0.3, -0.25) is 4.79 Å². The summed E-state index contributed by atoms with van der Waals surface area (Å²) in [4.78, 5) is 15.3. The third-order valence-corrected chi connectivity index (χ3v) is 4.06. The molecule has 0 radical (unpaired) electrons. The quantitative estimate of drug-likeness (QED) is 0.872. The fraction of sp³-hybridized carbons (Fsp3) is 0.583. The van der Waals surface area contributed by atoms with Gasteiger partial charge in [-0.05, 0) is 29.9 Å². The lowest BCUT2D eigenvalue weighted by Gasteiger charge is -2.29. The van der Waals surface area contributed by atoms with Crippen LogP contribution in [0.1, 0.15) is 30.2 Å². The largest absolute Gasteiger partial charge is 0.337 e. The van der Waals surface area contributed by atoms with Gasteiger partial charge in [0.25, 0.3) is 0 Å². The highest BCUT2D eigenvalue weighted by molar-refractivity contribution is 7.10. The number of nitrogens with two attached hydrogens (primary N) is 1. The minimum atomic E-state index is -0.315. The number of hydrogen-bond acceptors (Lipinski definition) is 3. The lowest BCUT2D eigenvalue weighted by Crippen LogP contribution is -2.45. The molecule has 1 aliphatic heterocycles. The van der Waals surface area contributed by atoms with Crippen molar-refractivity contribution in [3.63, 3.8) is 0 Å². The number of fused-ring (bicyclic) bond motifs is 1. The zero-order chi connectivity index (χ0) is 11.5. The van der Waals surface area contributed by atoms with E-state index in [1.807, 2.05) is 4.90 Å². The molecule has 3 nitrogen and oxygen atoms in total. The fourth-order valence-electron chi connectivity index (χ4n) is 2.11. The van der Waals surface area contributed by atoms with Gasteiger partial charge in [0.15, 0.2) is 0 Å². The minimum Gasteiger partial charge on any atom is -0.337 e. The highest BCUT2D eigenvalue weighted by Gasteiger charge is 2.24. The maximum Gasteiger partial charge on any atom is 0.239 e. The van der Waals surface area contributed by atoms with E-state index in [1.165, 1.54) is 10.4 Å². The van der Waals surface area contributed by atoms with Gasteiger partial charge in [0.2, 0.25) is 5.91 Å². The van der Waals surface area contributed by atoms with E-state index in [0.717, 1.165) is 32.4 Å². The van der Waals surface area contributed by atoms with Crippen LogP contribution < -0.4 is 5.73 Å². The van der Waals surface area contributed by atoms with Crippen LogP contribution in [-0.4, -0.2) is 23.4 Å². The van der Waals surface area contributed by atoms with Gasteiger partial charge in [-0.2, -0.15) is 0 Å². The molecule has 0 aliphatic carbocycles. The van der Waals surface area contributed by atoms with Crippen molar-refractivity contribution in [2.45, 2.75) is 38.8 Å². The van der Waals surface area contributed by atoms with Crippen LogP contribution in [0.3, 0.4) is 0 Å². The molecule has 88 valence electrons. The second kappa shape index (κ2) is 4.97. The van der Waals surface area contributed by atoms with Crippen molar-refractivity contribution < 1.29 is 4.79 Å². The van der Waals surface area contributed by atoms with Crippen LogP contribution in [0, 0.1) is 0 Å². The Hall–Kier alpha value is -0.870. The first-order chi connectivity index (χ1) is 7.72. The molecule has 16 heavy (non-hydrogen) atoms. The Morgan fingerprint density at radius 1 is 1.69 bits per heavy atom. The maximum atomic E-state index is 12.0. The molecule has 2 rings (SSSR count). The Balaban J connectivity index is 2.00. The van der Waals surface area contributed by atoms with Crippen LogP contribution >= 0.6 is 11.3 Å². The van der Waals surface area contributed by atoms with E-state index >= 15 is 0 Å². The Kier molecular flexibility index (Phi) is 3.61. The maximum absolute atomic E-state index is 12.0. The average molecular weight is 238 g/mol. The molecule has 4 heteroatoms. The molecule has 1 aliphatic rings. The molecule has 1 aromatic rings. The number of hydrogen-bond donors (Lipinski definition) is 1. The highest BCUT2D eigenvalue weighted by atomic mass is 32.1. The van der Waals surface area contributed by atoms with Gasteiger partial charge in [0.05, 0.1) is 6.04 Å². The Bertz CT molecular complexity index is 375. The van der Waals surface area contributed by atoms with Gasteiger partial charge < -0.3 is 10.6 Å². The van der Waals surface area contributed by atoms with Gasteiger partial charge in [-0.1, -0.05) is 13.3 Å². The molecule has 1 atom stereocenters. The first-order valence-corrected chi connectivity index (χ1v) is 6.70. The first kappa shape index (κ1) is 11.6. The monoisotopic (exact) mass is 238 g/mol. The van der Waals surface area contributed by atoms with Crippen molar-refractivity contribution in [1.29, 1.82) is 0 Å². The standard InChI is InChI=1S/C12H18N2OS/c1-2-3-10(13)12(15)14-6-4-11-9(8-14)5-7-16-11/h5,7,10H,2-4,6,8,13H2,1H3. The molecule has 0 fully saturated rings. The van der Waals surface area contributed by atoms with E-state index in [1.54, 1.807) is 11.3 Å². The van der Waals surface area contributed by atoms with E-state index in [4.69, 9.17) is 5.73 Å². The Morgan fingerprint density at radius 2 is 2.50 bits per heavy atom. The van der Waals surface area contributed by atoms with Crippen molar-refractivity contribution in [3.05, 3.63) is 21.9 Å². The summed E-state index contributed by atoms with van der Waals surface area (Å²) < 4.78 is 0. The number of carbonyl (C=O) groups is 1. The molecule has 0 bridgehead atoms. The van der Waals surface area contributed by atoms with E-state index in [-0.39, 0.29) is 11.9 Å². The SMILES string of the molecule is CCCC(N)C(=O)N1CCc2sccc2C1. The van der Waals surface area contributed by atoms with Gasteiger partial charge >= 0.3 is 0 Å². The lowest BCUT2D eigenvalue weighted by atomic mass is 10.1. The number of rotatable bonds is 3. The summed E-state index contributed by atoms with van der Waals surface area (Å²) in [5.74, 6) is 0.110. The summed E-state index contributed by atoms with van der Waals surface area (Å²) in [6.07, 6.45) is 2.73. The van der Waals surface area contributed by atoms with Crippen LogP contribution in [0.5, 0.6) is 0 Å². The van der Waals surface area contributed by atoms with Crippen molar-refractivity contribution in [1.82, 2.24) is 4.90 Å². The number of amides is 1. The fourth-order valence-corrected chi connectivity index (χ4v) is 3.00. The number of thiophene rings is 1. The van der Waals surface area contributed by atoms with Crippen LogP contribution in [0.4, 0.5) is 0 Å². The molecule has 2 heterocycles. The second-order valence-corrected chi connectivity index (χ2v) is 5.27. The van der Waals surface area contributed by atoms with E-state index in [2.05, 4.69) is 18.4 Å². The molecule has 1 amide bonds. The molecular weight excluding hydrogens is 220 g/mol. The normalized spacial score (nSPS) is 17.0. The summed E-state index contributed by atoms with van der Waals surface area (Å²) >= 11 is 1.79. The highest BCUT2D eigenvalue weighted by Crippen LogP contribution is 2.24. The molecule has 0 aromatic carbocycles. The molecular formula is C12H18N2OS. The first-order valence-electron chi connectivity index (χ1n) is 5.82. The van der Waals surface area contributed by atoms with Crippen molar-refractivity contribution in [2.75, 3.05) is 6.54 Å². The van der Waals surface area contributed by atoms with Crippen molar-refractivity contribution >= 4 is 17.2 Å². The topological polar surface area (TPSA) is 46.3 Å². The van der Waals surface area contributed by atoms with Gasteiger partial charge in [0, 0.05) is 18.0 Å². The molecule has 1 aromatic heterocycles. The van der Waals surface area contributed by atoms with Crippen molar-refractivity contribution in [3.8, 4) is 0 Å². The van der Waals surface area contributed by atoms with Crippen molar-refractivity contribution in [2.24, 2.45) is 5.73 Å². The van der Waals surface area contributed by atoms with Crippen LogP contribution in [0.15, 0.2) is 11.4 Å². The third kappa shape index (κ3) is 2.28. The molecule has 0 saturated heterocycles. The smallest absolute Gasteiger partial charge is 0.239 e. The minimum absolute atomic E-state index is 0.110. The summed E-state index contributed by atoms with van der Waals surface area (Å²) in [6, 6.07) is 1.80. The number of carbonyl (C=O) groups excluding carboxylic acids is 1. The lowest BCUT2D eigenvalue weighted by molar-refractivity contribution is -0.133. The van der Waals surface area contributed by atoms with Crippen LogP contribution in [0.2, 0.25) is 0 Å². The van der Waals surface area contributed by atoms with E-state index in [0.29, 0.717) is 0 Å². The predicted octanol–water partition coefficient (Wildman–Crippen LogP) is 1.76. The summed E-state index contributed by atoms with van der Waals surface area (Å²) in [7, 11) is 0. The van der Waals surface area contributed by atoms with E-state index < -0.39 is 0 Å². The second-order valence-electron chi connectivity index (χ2n) is 4.27. The molecule has 2 N–H and O–H groups in total. The molecule has 0 spiro atoms. The molecule has 0 saturated carbocycles. The summed E-state index contributed by atoms with van der Waals surface area (Å²) in [6.45, 7) is 3.62. The Labute approximate surface area is 100 Å². The Morgan fingerprint density at radius 3 is 3.25 bits per heavy atom.